The van der Waals surface area contributed by atoms with Gasteiger partial charge in [-0.15, -0.1) is 11.3 Å². The summed E-state index contributed by atoms with van der Waals surface area (Å²) in [4.78, 5) is 30.7. The Morgan fingerprint density at radius 1 is 1.53 bits per heavy atom. The zero-order valence-electron chi connectivity index (χ0n) is 9.01. The Morgan fingerprint density at radius 3 is 2.88 bits per heavy atom. The molecule has 2 N–H and O–H groups in total. The van der Waals surface area contributed by atoms with Gasteiger partial charge in [0.25, 0.3) is 5.91 Å². The minimum absolute atomic E-state index is 0.242. The average molecular weight is 247 g/mol. The number of aryl methyl sites for hydroxylation is 1. The molecule has 0 atom stereocenters. The van der Waals surface area contributed by atoms with Crippen molar-refractivity contribution >= 4 is 23.5 Å². The van der Waals surface area contributed by atoms with Crippen LogP contribution in [0.3, 0.4) is 0 Å². The molecule has 2 heterocycles. The molecule has 0 aromatic carbocycles. The van der Waals surface area contributed by atoms with E-state index in [-0.39, 0.29) is 5.01 Å². The minimum atomic E-state index is -0.564. The third-order valence-corrected chi connectivity index (χ3v) is 3.44. The highest BCUT2D eigenvalue weighted by atomic mass is 32.1. The van der Waals surface area contributed by atoms with Gasteiger partial charge in [-0.25, -0.2) is 4.98 Å². The maximum Gasteiger partial charge on any atom is 0.277 e. The lowest BCUT2D eigenvalue weighted by atomic mass is 10.1. The van der Waals surface area contributed by atoms with Crippen molar-refractivity contribution in [3.05, 3.63) is 34.7 Å². The molecule has 1 amide bonds. The highest BCUT2D eigenvalue weighted by molar-refractivity contribution is 7.17. The Morgan fingerprint density at radius 2 is 2.29 bits per heavy atom. The van der Waals surface area contributed by atoms with Crippen LogP contribution in [0.25, 0.3) is 10.4 Å². The maximum absolute atomic E-state index is 11.0. The quantitative estimate of drug-likeness (QED) is 0.831. The number of amides is 1. The molecule has 86 valence electrons. The van der Waals surface area contributed by atoms with E-state index >= 15 is 0 Å². The zero-order chi connectivity index (χ0) is 12.4. The molecule has 0 saturated heterocycles. The molecule has 2 aromatic rings. The summed E-state index contributed by atoms with van der Waals surface area (Å²) < 4.78 is 0. The number of primary amides is 1. The van der Waals surface area contributed by atoms with Crippen LogP contribution < -0.4 is 5.73 Å². The number of thiazole rings is 1. The Hall–Kier alpha value is -2.08. The summed E-state index contributed by atoms with van der Waals surface area (Å²) in [6.45, 7) is 1.77. The minimum Gasteiger partial charge on any atom is -0.364 e. The largest absolute Gasteiger partial charge is 0.364 e. The van der Waals surface area contributed by atoms with E-state index in [9.17, 15) is 9.59 Å². The van der Waals surface area contributed by atoms with Gasteiger partial charge >= 0.3 is 0 Å². The second kappa shape index (κ2) is 4.42. The van der Waals surface area contributed by atoms with Gasteiger partial charge in [0, 0.05) is 23.5 Å². The van der Waals surface area contributed by atoms with Gasteiger partial charge in [0.2, 0.25) is 0 Å². The fourth-order valence-corrected chi connectivity index (χ4v) is 2.42. The van der Waals surface area contributed by atoms with Gasteiger partial charge in [-0.1, -0.05) is 0 Å². The first kappa shape index (κ1) is 11.4. The van der Waals surface area contributed by atoms with Gasteiger partial charge < -0.3 is 5.73 Å². The lowest BCUT2D eigenvalue weighted by Crippen LogP contribution is -2.10. The summed E-state index contributed by atoms with van der Waals surface area (Å²) in [5, 5.41) is 0.242. The first-order valence-electron chi connectivity index (χ1n) is 4.80. The number of rotatable bonds is 3. The van der Waals surface area contributed by atoms with E-state index in [1.54, 1.807) is 19.2 Å². The number of pyridine rings is 1. The van der Waals surface area contributed by atoms with Crippen molar-refractivity contribution in [2.75, 3.05) is 0 Å². The van der Waals surface area contributed by atoms with Crippen molar-refractivity contribution in [1.29, 1.82) is 0 Å². The fourth-order valence-electron chi connectivity index (χ4n) is 1.46. The molecule has 0 bridgehead atoms. The van der Waals surface area contributed by atoms with E-state index in [2.05, 4.69) is 9.97 Å². The molecule has 0 radical (unpaired) electrons. The van der Waals surface area contributed by atoms with Gasteiger partial charge in [0.1, 0.15) is 0 Å². The average Bonchev–Trinajstić information content (AvgIpc) is 2.71. The van der Waals surface area contributed by atoms with Crippen LogP contribution in [0, 0.1) is 6.92 Å². The first-order valence-corrected chi connectivity index (χ1v) is 5.62. The van der Waals surface area contributed by atoms with Gasteiger partial charge in [-0.05, 0) is 13.0 Å². The number of carbonyl (C=O) groups excluding carboxylic acids is 2. The van der Waals surface area contributed by atoms with Gasteiger partial charge in [0.05, 0.1) is 10.6 Å². The number of nitrogens with zero attached hydrogens (tertiary/aromatic N) is 2. The number of nitrogens with two attached hydrogens (primary N) is 1. The lowest BCUT2D eigenvalue weighted by molar-refractivity contribution is 0.0999. The normalized spacial score (nSPS) is 10.2. The van der Waals surface area contributed by atoms with E-state index in [1.807, 2.05) is 0 Å². The molecule has 0 saturated carbocycles. The first-order chi connectivity index (χ1) is 8.13. The van der Waals surface area contributed by atoms with Gasteiger partial charge in [0.15, 0.2) is 11.3 Å². The summed E-state index contributed by atoms with van der Waals surface area (Å²) in [5.41, 5.74) is 7.04. The van der Waals surface area contributed by atoms with Crippen molar-refractivity contribution in [3.63, 3.8) is 0 Å². The Bertz CT molecular complexity index is 592. The molecular formula is C11H9N3O2S. The predicted molar refractivity (Wildman–Crippen MR) is 64.0 cm³/mol. The van der Waals surface area contributed by atoms with Crippen molar-refractivity contribution in [1.82, 2.24) is 9.97 Å². The van der Waals surface area contributed by atoms with Crippen LogP contribution >= 0.6 is 11.3 Å². The Labute approximate surface area is 101 Å². The number of aldehydes is 1. The van der Waals surface area contributed by atoms with E-state index in [0.717, 1.165) is 16.7 Å². The molecule has 0 aliphatic rings. The standard InChI is InChI=1S/C11H9N3O2S/c1-6-9(17-11(14-6)10(12)16)8-2-3-13-4-7(8)5-15/h2-5H,1H3,(H2,12,16). The van der Waals surface area contributed by atoms with Crippen LogP contribution in [0.1, 0.15) is 25.9 Å². The number of hydrogen-bond donors (Lipinski definition) is 1. The molecule has 0 fully saturated rings. The fraction of sp³-hybridized carbons (Fsp3) is 0.0909. The van der Waals surface area contributed by atoms with Crippen LogP contribution in [0.2, 0.25) is 0 Å². The second-order valence-electron chi connectivity index (χ2n) is 3.38. The molecule has 6 heteroatoms. The molecule has 17 heavy (non-hydrogen) atoms. The monoisotopic (exact) mass is 247 g/mol. The third kappa shape index (κ3) is 2.07. The molecule has 2 rings (SSSR count). The van der Waals surface area contributed by atoms with Crippen molar-refractivity contribution < 1.29 is 9.59 Å². The summed E-state index contributed by atoms with van der Waals surface area (Å²) in [7, 11) is 0. The second-order valence-corrected chi connectivity index (χ2v) is 4.38. The molecule has 0 unspecified atom stereocenters. The van der Waals surface area contributed by atoms with Crippen molar-refractivity contribution in [2.45, 2.75) is 6.92 Å². The van der Waals surface area contributed by atoms with Crippen LogP contribution in [0.4, 0.5) is 0 Å². The zero-order valence-corrected chi connectivity index (χ0v) is 9.82. The number of hydrogen-bond acceptors (Lipinski definition) is 5. The van der Waals surface area contributed by atoms with Crippen LogP contribution in [-0.2, 0) is 0 Å². The summed E-state index contributed by atoms with van der Waals surface area (Å²) in [6.07, 6.45) is 3.79. The van der Waals surface area contributed by atoms with Crippen molar-refractivity contribution in [2.24, 2.45) is 5.73 Å². The topological polar surface area (TPSA) is 85.9 Å². The summed E-state index contributed by atoms with van der Waals surface area (Å²) in [6, 6.07) is 1.72. The third-order valence-electron chi connectivity index (χ3n) is 2.23. The van der Waals surface area contributed by atoms with Crippen LogP contribution in [0.15, 0.2) is 18.5 Å². The summed E-state index contributed by atoms with van der Waals surface area (Å²) in [5.74, 6) is -0.564. The van der Waals surface area contributed by atoms with E-state index in [4.69, 9.17) is 5.73 Å². The number of carbonyl (C=O) groups is 2. The van der Waals surface area contributed by atoms with Gasteiger partial charge in [-0.3, -0.25) is 14.6 Å². The maximum atomic E-state index is 11.0. The van der Waals surface area contributed by atoms with Crippen LogP contribution in [0.5, 0.6) is 0 Å². The predicted octanol–water partition coefficient (Wildman–Crippen LogP) is 1.42. The molecular weight excluding hydrogens is 238 g/mol. The Kier molecular flexibility index (Phi) is 2.97. The molecule has 0 aliphatic heterocycles. The molecule has 2 aromatic heterocycles. The number of aromatic nitrogens is 2. The van der Waals surface area contributed by atoms with Crippen LogP contribution in [-0.4, -0.2) is 22.2 Å². The lowest BCUT2D eigenvalue weighted by Gasteiger charge is -2.00. The highest BCUT2D eigenvalue weighted by Crippen LogP contribution is 2.31. The van der Waals surface area contributed by atoms with Crippen molar-refractivity contribution in [3.8, 4) is 10.4 Å². The molecule has 0 spiro atoms. The SMILES string of the molecule is Cc1nc(C(N)=O)sc1-c1ccncc1C=O. The smallest absolute Gasteiger partial charge is 0.277 e. The van der Waals surface area contributed by atoms with E-state index in [0.29, 0.717) is 11.3 Å². The molecule has 5 nitrogen and oxygen atoms in total. The Balaban J connectivity index is 2.60. The highest BCUT2D eigenvalue weighted by Gasteiger charge is 2.15. The summed E-state index contributed by atoms with van der Waals surface area (Å²) >= 11 is 1.18. The van der Waals surface area contributed by atoms with E-state index in [1.165, 1.54) is 17.5 Å². The molecule has 0 aliphatic carbocycles. The van der Waals surface area contributed by atoms with E-state index < -0.39 is 5.91 Å². The van der Waals surface area contributed by atoms with Gasteiger partial charge in [-0.2, -0.15) is 0 Å².